The Labute approximate surface area is 214 Å². The van der Waals surface area contributed by atoms with Gasteiger partial charge >= 0.3 is 5.97 Å². The van der Waals surface area contributed by atoms with E-state index in [0.717, 1.165) is 0 Å². The monoisotopic (exact) mass is 509 g/mol. The number of nitrogens with zero attached hydrogens (tertiary/aromatic N) is 3. The Morgan fingerprint density at radius 2 is 1.78 bits per heavy atom. The lowest BCUT2D eigenvalue weighted by Crippen LogP contribution is -2.54. The summed E-state index contributed by atoms with van der Waals surface area (Å²) in [6.45, 7) is 3.70. The number of piperazine rings is 1. The Hall–Kier alpha value is -3.82. The molecule has 2 aliphatic heterocycles. The molecule has 3 amide bonds. The minimum Gasteiger partial charge on any atom is -0.467 e. The van der Waals surface area contributed by atoms with Crippen LogP contribution in [0.1, 0.15) is 48.9 Å². The molecule has 4 heterocycles. The van der Waals surface area contributed by atoms with Crippen molar-refractivity contribution in [3.05, 3.63) is 60.1 Å². The lowest BCUT2D eigenvalue weighted by Gasteiger charge is -2.44. The molecule has 5 rings (SSSR count). The molecule has 2 aromatic rings. The molecule has 2 saturated heterocycles. The molecule has 37 heavy (non-hydrogen) atoms. The van der Waals surface area contributed by atoms with Crippen LogP contribution in [0.15, 0.2) is 57.4 Å². The summed E-state index contributed by atoms with van der Waals surface area (Å²) >= 11 is 0. The highest BCUT2D eigenvalue weighted by Gasteiger charge is 2.55. The second-order valence-corrected chi connectivity index (χ2v) is 9.69. The van der Waals surface area contributed by atoms with E-state index in [2.05, 4.69) is 0 Å². The van der Waals surface area contributed by atoms with Crippen molar-refractivity contribution in [2.75, 3.05) is 32.8 Å². The average molecular weight is 510 g/mol. The Kier molecular flexibility index (Phi) is 6.90. The van der Waals surface area contributed by atoms with Gasteiger partial charge in [0, 0.05) is 44.2 Å². The number of furan rings is 2. The summed E-state index contributed by atoms with van der Waals surface area (Å²) in [6, 6.07) is 6.82. The van der Waals surface area contributed by atoms with Gasteiger partial charge in [0.1, 0.15) is 11.2 Å². The standard InChI is InChI=1S/C27H31N3O7/c1-2-35-26(34)27-9-3-8-22(27)30(18-20-6-4-14-36-20)24(32)19(17-27)16-23(31)28-10-12-29(13-11-28)25(33)21-7-5-15-37-21/h4-8,14-15,19H,2-3,9-13,16-18H2,1H3/t19-,27+/m1/s1. The Morgan fingerprint density at radius 3 is 2.46 bits per heavy atom. The Balaban J connectivity index is 1.30. The quantitative estimate of drug-likeness (QED) is 0.528. The van der Waals surface area contributed by atoms with Crippen molar-refractivity contribution in [1.29, 1.82) is 0 Å². The summed E-state index contributed by atoms with van der Waals surface area (Å²) in [5, 5.41) is 0. The molecule has 196 valence electrons. The molecular formula is C27H31N3O7. The van der Waals surface area contributed by atoms with Crippen LogP contribution in [0.2, 0.25) is 0 Å². The number of carbonyl (C=O) groups excluding carboxylic acids is 4. The Morgan fingerprint density at radius 1 is 1.05 bits per heavy atom. The fraction of sp³-hybridized carbons (Fsp3) is 0.481. The van der Waals surface area contributed by atoms with Gasteiger partial charge in [-0.1, -0.05) is 6.08 Å². The maximum Gasteiger partial charge on any atom is 0.318 e. The van der Waals surface area contributed by atoms with Crippen LogP contribution < -0.4 is 0 Å². The van der Waals surface area contributed by atoms with Crippen LogP contribution in [-0.2, 0) is 25.7 Å². The third kappa shape index (κ3) is 4.68. The first-order valence-corrected chi connectivity index (χ1v) is 12.7. The van der Waals surface area contributed by atoms with Gasteiger partial charge in [0.05, 0.1) is 25.7 Å². The Bertz CT molecular complexity index is 1180. The van der Waals surface area contributed by atoms with E-state index in [4.69, 9.17) is 13.6 Å². The molecule has 0 radical (unpaired) electrons. The number of fused-ring (bicyclic) bond motifs is 1. The molecule has 0 N–H and O–H groups in total. The van der Waals surface area contributed by atoms with Gasteiger partial charge in [-0.15, -0.1) is 0 Å². The smallest absolute Gasteiger partial charge is 0.318 e. The predicted octanol–water partition coefficient (Wildman–Crippen LogP) is 2.82. The molecule has 0 spiro atoms. The highest BCUT2D eigenvalue weighted by molar-refractivity contribution is 5.93. The van der Waals surface area contributed by atoms with Crippen LogP contribution in [0.3, 0.4) is 0 Å². The number of piperidine rings is 1. The van der Waals surface area contributed by atoms with E-state index >= 15 is 0 Å². The van der Waals surface area contributed by atoms with Gasteiger partial charge in [-0.2, -0.15) is 0 Å². The summed E-state index contributed by atoms with van der Waals surface area (Å²) in [6.07, 6.45) is 6.37. The highest BCUT2D eigenvalue weighted by Crippen LogP contribution is 2.51. The van der Waals surface area contributed by atoms with Crippen molar-refractivity contribution in [2.24, 2.45) is 11.3 Å². The molecule has 3 aliphatic rings. The molecule has 0 aromatic carbocycles. The number of hydrogen-bond acceptors (Lipinski definition) is 7. The van der Waals surface area contributed by atoms with E-state index in [9.17, 15) is 19.2 Å². The van der Waals surface area contributed by atoms with Crippen LogP contribution in [0, 0.1) is 11.3 Å². The number of hydrogen-bond donors (Lipinski definition) is 0. The van der Waals surface area contributed by atoms with E-state index in [-0.39, 0.29) is 55.4 Å². The van der Waals surface area contributed by atoms with Gasteiger partial charge in [-0.25, -0.2) is 0 Å². The fourth-order valence-corrected chi connectivity index (χ4v) is 5.70. The summed E-state index contributed by atoms with van der Waals surface area (Å²) in [7, 11) is 0. The second kappa shape index (κ2) is 10.3. The number of carbonyl (C=O) groups is 4. The lowest BCUT2D eigenvalue weighted by atomic mass is 9.71. The van der Waals surface area contributed by atoms with E-state index in [1.807, 2.05) is 6.08 Å². The number of allylic oxidation sites excluding steroid dienone is 1. The molecule has 0 saturated carbocycles. The van der Waals surface area contributed by atoms with E-state index < -0.39 is 11.3 Å². The first-order valence-electron chi connectivity index (χ1n) is 12.7. The zero-order valence-corrected chi connectivity index (χ0v) is 20.9. The van der Waals surface area contributed by atoms with Crippen molar-refractivity contribution in [3.8, 4) is 0 Å². The number of likely N-dealkylation sites (tertiary alicyclic amines) is 1. The largest absolute Gasteiger partial charge is 0.467 e. The molecular weight excluding hydrogens is 478 g/mol. The summed E-state index contributed by atoms with van der Waals surface area (Å²) in [5.41, 5.74) is -0.295. The minimum absolute atomic E-state index is 0.00590. The third-order valence-electron chi connectivity index (χ3n) is 7.53. The van der Waals surface area contributed by atoms with Crippen molar-refractivity contribution in [2.45, 2.75) is 39.2 Å². The fourth-order valence-electron chi connectivity index (χ4n) is 5.70. The lowest BCUT2D eigenvalue weighted by molar-refractivity contribution is -0.161. The van der Waals surface area contributed by atoms with Gasteiger partial charge in [0.25, 0.3) is 5.91 Å². The normalized spacial score (nSPS) is 23.6. The van der Waals surface area contributed by atoms with Gasteiger partial charge in [0.2, 0.25) is 11.8 Å². The average Bonchev–Trinajstić information content (AvgIpc) is 3.69. The first-order chi connectivity index (χ1) is 17.9. The number of esters is 1. The van der Waals surface area contributed by atoms with Gasteiger partial charge < -0.3 is 28.3 Å². The van der Waals surface area contributed by atoms with E-state index in [1.54, 1.807) is 52.2 Å². The molecule has 2 aromatic heterocycles. The zero-order chi connectivity index (χ0) is 26.0. The predicted molar refractivity (Wildman–Crippen MR) is 130 cm³/mol. The maximum atomic E-state index is 13.7. The summed E-state index contributed by atoms with van der Waals surface area (Å²) in [4.78, 5) is 57.7. The van der Waals surface area contributed by atoms with Gasteiger partial charge in [0.15, 0.2) is 5.76 Å². The maximum absolute atomic E-state index is 13.7. The van der Waals surface area contributed by atoms with Crippen molar-refractivity contribution >= 4 is 23.7 Å². The van der Waals surface area contributed by atoms with Crippen LogP contribution in [0.25, 0.3) is 0 Å². The van der Waals surface area contributed by atoms with Crippen LogP contribution >= 0.6 is 0 Å². The van der Waals surface area contributed by atoms with Gasteiger partial charge in [-0.3, -0.25) is 19.2 Å². The van der Waals surface area contributed by atoms with E-state index in [0.29, 0.717) is 50.5 Å². The summed E-state index contributed by atoms with van der Waals surface area (Å²) in [5.74, 6) is -0.694. The first kappa shape index (κ1) is 24.9. The minimum atomic E-state index is -0.949. The second-order valence-electron chi connectivity index (χ2n) is 9.69. The number of amides is 3. The van der Waals surface area contributed by atoms with Crippen molar-refractivity contribution in [1.82, 2.24) is 14.7 Å². The molecule has 0 bridgehead atoms. The number of rotatable bonds is 7. The third-order valence-corrected chi connectivity index (χ3v) is 7.53. The molecule has 1 aliphatic carbocycles. The zero-order valence-electron chi connectivity index (χ0n) is 20.9. The molecule has 10 heteroatoms. The van der Waals surface area contributed by atoms with Crippen LogP contribution in [0.4, 0.5) is 0 Å². The SMILES string of the molecule is CCOC(=O)[C@]12CCC=C1N(Cc1ccco1)C(=O)[C@H](CC(=O)N1CCN(C(=O)c3ccco3)CC1)C2. The molecule has 2 fully saturated rings. The van der Waals surface area contributed by atoms with Crippen LogP contribution in [-0.4, -0.2) is 71.2 Å². The topological polar surface area (TPSA) is 114 Å². The molecule has 10 nitrogen and oxygen atoms in total. The van der Waals surface area contributed by atoms with Crippen molar-refractivity contribution in [3.63, 3.8) is 0 Å². The van der Waals surface area contributed by atoms with Gasteiger partial charge in [-0.05, 0) is 50.5 Å². The van der Waals surface area contributed by atoms with Crippen LogP contribution in [0.5, 0.6) is 0 Å². The highest BCUT2D eigenvalue weighted by atomic mass is 16.5. The molecule has 2 atom stereocenters. The van der Waals surface area contributed by atoms with Crippen molar-refractivity contribution < 1.29 is 32.7 Å². The molecule has 0 unspecified atom stereocenters. The summed E-state index contributed by atoms with van der Waals surface area (Å²) < 4.78 is 16.1. The van der Waals surface area contributed by atoms with E-state index in [1.165, 1.54) is 6.26 Å². The number of ether oxygens (including phenoxy) is 1.